The van der Waals surface area contributed by atoms with Gasteiger partial charge in [-0.3, -0.25) is 0 Å². The quantitative estimate of drug-likeness (QED) is 0.659. The summed E-state index contributed by atoms with van der Waals surface area (Å²) in [4.78, 5) is 0. The summed E-state index contributed by atoms with van der Waals surface area (Å²) in [6.45, 7) is 0. The van der Waals surface area contributed by atoms with Gasteiger partial charge in [-0.05, 0) is 18.4 Å². The van der Waals surface area contributed by atoms with Gasteiger partial charge in [0.1, 0.15) is 12.2 Å². The first-order valence-electron chi connectivity index (χ1n) is 4.56. The monoisotopic (exact) mass is 197 g/mol. The Morgan fingerprint density at radius 2 is 2.21 bits per heavy atom. The van der Waals surface area contributed by atoms with E-state index in [0.717, 1.165) is 12.0 Å². The molecule has 1 saturated carbocycles. The SMILES string of the molecule is CO[C@H]1[C@@H](OC)CC/C(=C\C#N)[C@@H]1O. The van der Waals surface area contributed by atoms with E-state index in [0.29, 0.717) is 6.42 Å². The van der Waals surface area contributed by atoms with Gasteiger partial charge in [-0.1, -0.05) is 0 Å². The van der Waals surface area contributed by atoms with Crippen molar-refractivity contribution in [1.82, 2.24) is 0 Å². The van der Waals surface area contributed by atoms with Crippen molar-refractivity contribution in [2.45, 2.75) is 31.2 Å². The van der Waals surface area contributed by atoms with Crippen molar-refractivity contribution >= 4 is 0 Å². The summed E-state index contributed by atoms with van der Waals surface area (Å²) in [5.41, 5.74) is 0.729. The van der Waals surface area contributed by atoms with E-state index < -0.39 is 6.10 Å². The van der Waals surface area contributed by atoms with E-state index in [1.807, 2.05) is 6.07 Å². The molecule has 1 fully saturated rings. The molecule has 0 spiro atoms. The largest absolute Gasteiger partial charge is 0.386 e. The van der Waals surface area contributed by atoms with Crippen molar-refractivity contribution in [2.24, 2.45) is 0 Å². The molecule has 0 bridgehead atoms. The molecule has 1 aliphatic rings. The number of nitrogens with zero attached hydrogens (tertiary/aromatic N) is 1. The van der Waals surface area contributed by atoms with Crippen molar-refractivity contribution in [1.29, 1.82) is 5.26 Å². The summed E-state index contributed by atoms with van der Waals surface area (Å²) < 4.78 is 10.4. The van der Waals surface area contributed by atoms with Crippen molar-refractivity contribution in [3.63, 3.8) is 0 Å². The maximum absolute atomic E-state index is 9.84. The summed E-state index contributed by atoms with van der Waals surface area (Å²) in [6, 6.07) is 1.93. The third-order valence-corrected chi connectivity index (χ3v) is 2.60. The zero-order valence-electron chi connectivity index (χ0n) is 8.43. The second-order valence-corrected chi connectivity index (χ2v) is 3.31. The standard InChI is InChI=1S/C10H15NO3/c1-13-8-4-3-7(5-6-11)9(12)10(8)14-2/h5,8-10,12H,3-4H2,1-2H3/b7-5+/t8-,9-,10-/m0/s1. The van der Waals surface area contributed by atoms with Gasteiger partial charge in [0.05, 0.1) is 12.2 Å². The van der Waals surface area contributed by atoms with Crippen molar-refractivity contribution in [3.05, 3.63) is 11.6 Å². The Hall–Kier alpha value is -0.890. The molecule has 0 aromatic carbocycles. The second kappa shape index (κ2) is 5.11. The van der Waals surface area contributed by atoms with Gasteiger partial charge < -0.3 is 14.6 Å². The molecule has 0 amide bonds. The smallest absolute Gasteiger partial charge is 0.113 e. The number of rotatable bonds is 2. The van der Waals surface area contributed by atoms with Gasteiger partial charge >= 0.3 is 0 Å². The molecule has 3 atom stereocenters. The first kappa shape index (κ1) is 11.2. The second-order valence-electron chi connectivity index (χ2n) is 3.31. The first-order valence-corrected chi connectivity index (χ1v) is 4.56. The normalized spacial score (nSPS) is 35.6. The number of nitriles is 1. The first-order chi connectivity index (χ1) is 6.74. The molecule has 1 aliphatic carbocycles. The zero-order chi connectivity index (χ0) is 10.6. The Morgan fingerprint density at radius 3 is 2.71 bits per heavy atom. The van der Waals surface area contributed by atoms with Crippen LogP contribution >= 0.6 is 0 Å². The van der Waals surface area contributed by atoms with Gasteiger partial charge in [0.2, 0.25) is 0 Å². The van der Waals surface area contributed by atoms with Gasteiger partial charge in [0.15, 0.2) is 0 Å². The maximum Gasteiger partial charge on any atom is 0.113 e. The molecule has 14 heavy (non-hydrogen) atoms. The Balaban J connectivity index is 2.77. The summed E-state index contributed by atoms with van der Waals surface area (Å²) in [5, 5.41) is 18.3. The van der Waals surface area contributed by atoms with Crippen LogP contribution in [0.1, 0.15) is 12.8 Å². The molecule has 4 nitrogen and oxygen atoms in total. The number of methoxy groups -OCH3 is 2. The lowest BCUT2D eigenvalue weighted by atomic mass is 9.87. The van der Waals surface area contributed by atoms with Crippen LogP contribution in [0.4, 0.5) is 0 Å². The molecule has 0 unspecified atom stereocenters. The highest BCUT2D eigenvalue weighted by Gasteiger charge is 2.35. The Morgan fingerprint density at radius 1 is 1.50 bits per heavy atom. The van der Waals surface area contributed by atoms with Crippen LogP contribution in [-0.4, -0.2) is 37.6 Å². The minimum Gasteiger partial charge on any atom is -0.386 e. The highest BCUT2D eigenvalue weighted by molar-refractivity contribution is 5.21. The molecule has 0 aromatic heterocycles. The molecule has 1 rings (SSSR count). The molecule has 1 N–H and O–H groups in total. The van der Waals surface area contributed by atoms with Gasteiger partial charge in [0, 0.05) is 20.3 Å². The van der Waals surface area contributed by atoms with Gasteiger partial charge in [-0.2, -0.15) is 5.26 Å². The van der Waals surface area contributed by atoms with Gasteiger partial charge in [-0.25, -0.2) is 0 Å². The lowest BCUT2D eigenvalue weighted by Gasteiger charge is -2.34. The summed E-state index contributed by atoms with van der Waals surface area (Å²) >= 11 is 0. The molecular weight excluding hydrogens is 182 g/mol. The van der Waals surface area contributed by atoms with Crippen LogP contribution in [0.2, 0.25) is 0 Å². The number of hydrogen-bond acceptors (Lipinski definition) is 4. The topological polar surface area (TPSA) is 62.5 Å². The van der Waals surface area contributed by atoms with E-state index in [2.05, 4.69) is 0 Å². The van der Waals surface area contributed by atoms with E-state index in [9.17, 15) is 5.11 Å². The van der Waals surface area contributed by atoms with Crippen molar-refractivity contribution in [2.75, 3.05) is 14.2 Å². The van der Waals surface area contributed by atoms with E-state index in [1.165, 1.54) is 13.2 Å². The minimum absolute atomic E-state index is 0.0918. The highest BCUT2D eigenvalue weighted by Crippen LogP contribution is 2.27. The fourth-order valence-electron chi connectivity index (χ4n) is 1.81. The summed E-state index contributed by atoms with van der Waals surface area (Å²) in [6.07, 6.45) is 1.67. The molecule has 0 aliphatic heterocycles. The third kappa shape index (κ3) is 2.13. The average molecular weight is 197 g/mol. The van der Waals surface area contributed by atoms with E-state index in [4.69, 9.17) is 14.7 Å². The molecule has 78 valence electrons. The molecule has 0 aromatic rings. The average Bonchev–Trinajstić information content (AvgIpc) is 2.21. The van der Waals surface area contributed by atoms with Crippen LogP contribution in [0.5, 0.6) is 0 Å². The molecule has 0 heterocycles. The highest BCUT2D eigenvalue weighted by atomic mass is 16.5. The Bertz CT molecular complexity index is 257. The number of aliphatic hydroxyl groups is 1. The molecule has 0 radical (unpaired) electrons. The van der Waals surface area contributed by atoms with Crippen LogP contribution in [0.15, 0.2) is 11.6 Å². The van der Waals surface area contributed by atoms with Crippen molar-refractivity contribution < 1.29 is 14.6 Å². The van der Waals surface area contributed by atoms with Crippen LogP contribution in [0.25, 0.3) is 0 Å². The fraction of sp³-hybridized carbons (Fsp3) is 0.700. The number of ether oxygens (including phenoxy) is 2. The van der Waals surface area contributed by atoms with Crippen LogP contribution < -0.4 is 0 Å². The van der Waals surface area contributed by atoms with E-state index >= 15 is 0 Å². The summed E-state index contributed by atoms with van der Waals surface area (Å²) in [7, 11) is 3.14. The summed E-state index contributed by atoms with van der Waals surface area (Å²) in [5.74, 6) is 0. The molecule has 4 heteroatoms. The van der Waals surface area contributed by atoms with Crippen LogP contribution in [-0.2, 0) is 9.47 Å². The van der Waals surface area contributed by atoms with Crippen molar-refractivity contribution in [3.8, 4) is 6.07 Å². The minimum atomic E-state index is -0.724. The number of hydrogen-bond donors (Lipinski definition) is 1. The van der Waals surface area contributed by atoms with Crippen LogP contribution in [0, 0.1) is 11.3 Å². The molecule has 0 saturated heterocycles. The third-order valence-electron chi connectivity index (χ3n) is 2.60. The predicted octanol–water partition coefficient (Wildman–Crippen LogP) is 0.621. The number of allylic oxidation sites excluding steroid dienone is 1. The van der Waals surface area contributed by atoms with E-state index in [-0.39, 0.29) is 12.2 Å². The fourth-order valence-corrected chi connectivity index (χ4v) is 1.81. The van der Waals surface area contributed by atoms with Crippen LogP contribution in [0.3, 0.4) is 0 Å². The molecular formula is C10H15NO3. The Labute approximate surface area is 83.7 Å². The lowest BCUT2D eigenvalue weighted by molar-refractivity contribution is -0.0988. The maximum atomic E-state index is 9.84. The predicted molar refractivity (Wildman–Crippen MR) is 50.5 cm³/mol. The Kier molecular flexibility index (Phi) is 4.08. The van der Waals surface area contributed by atoms with E-state index in [1.54, 1.807) is 7.11 Å². The lowest BCUT2D eigenvalue weighted by Crippen LogP contribution is -2.44. The number of aliphatic hydroxyl groups excluding tert-OH is 1. The van der Waals surface area contributed by atoms with Gasteiger partial charge in [-0.15, -0.1) is 0 Å². The van der Waals surface area contributed by atoms with Gasteiger partial charge in [0.25, 0.3) is 0 Å². The zero-order valence-corrected chi connectivity index (χ0v) is 8.43.